The Balaban J connectivity index is 1.45. The molecule has 2 aromatic carbocycles. The van der Waals surface area contributed by atoms with Crippen LogP contribution in [0.5, 0.6) is 5.75 Å². The Morgan fingerprint density at radius 2 is 1.73 bits per heavy atom. The molecule has 0 unspecified atom stereocenters. The molecule has 3 rings (SSSR count). The number of carbonyl (C=O) groups is 1. The Morgan fingerprint density at radius 1 is 1.00 bits per heavy atom. The van der Waals surface area contributed by atoms with Gasteiger partial charge in [-0.25, -0.2) is 4.79 Å². The van der Waals surface area contributed by atoms with Crippen molar-refractivity contribution in [3.05, 3.63) is 89.2 Å². The average Bonchev–Trinajstić information content (AvgIpc) is 2.68. The highest BCUT2D eigenvalue weighted by molar-refractivity contribution is 6.30. The molecule has 0 radical (unpaired) electrons. The molecule has 0 aliphatic carbocycles. The van der Waals surface area contributed by atoms with E-state index in [1.54, 1.807) is 24.5 Å². The minimum atomic E-state index is -0.265. The van der Waals surface area contributed by atoms with E-state index in [2.05, 4.69) is 15.6 Å². The quantitative estimate of drug-likeness (QED) is 0.667. The number of urea groups is 1. The van der Waals surface area contributed by atoms with Gasteiger partial charge < -0.3 is 15.4 Å². The molecule has 6 heteroatoms. The number of hydrogen-bond donors (Lipinski definition) is 2. The van der Waals surface area contributed by atoms with E-state index in [1.165, 1.54) is 0 Å². The topological polar surface area (TPSA) is 63.2 Å². The van der Waals surface area contributed by atoms with Crippen LogP contribution in [0.4, 0.5) is 10.5 Å². The predicted molar refractivity (Wildman–Crippen MR) is 102 cm³/mol. The van der Waals surface area contributed by atoms with E-state index in [0.29, 0.717) is 23.9 Å². The van der Waals surface area contributed by atoms with Crippen LogP contribution in [-0.4, -0.2) is 11.0 Å². The number of amides is 2. The molecule has 1 aromatic heterocycles. The van der Waals surface area contributed by atoms with E-state index < -0.39 is 0 Å². The maximum Gasteiger partial charge on any atom is 0.319 e. The summed E-state index contributed by atoms with van der Waals surface area (Å²) in [7, 11) is 0. The van der Waals surface area contributed by atoms with Crippen molar-refractivity contribution < 1.29 is 9.53 Å². The maximum atomic E-state index is 12.0. The van der Waals surface area contributed by atoms with Crippen LogP contribution in [0.1, 0.15) is 11.1 Å². The van der Waals surface area contributed by atoms with Gasteiger partial charge in [-0.15, -0.1) is 0 Å². The fourth-order valence-electron chi connectivity index (χ4n) is 2.24. The largest absolute Gasteiger partial charge is 0.487 e. The lowest BCUT2D eigenvalue weighted by atomic mass is 10.2. The molecule has 0 fully saturated rings. The number of anilines is 1. The van der Waals surface area contributed by atoms with Gasteiger partial charge in [0, 0.05) is 23.5 Å². The summed E-state index contributed by atoms with van der Waals surface area (Å²) in [6.45, 7) is 0.870. The van der Waals surface area contributed by atoms with Crippen molar-refractivity contribution in [3.63, 3.8) is 0 Å². The van der Waals surface area contributed by atoms with Crippen molar-refractivity contribution in [2.45, 2.75) is 13.2 Å². The number of halogens is 1. The van der Waals surface area contributed by atoms with Gasteiger partial charge >= 0.3 is 6.03 Å². The van der Waals surface area contributed by atoms with Crippen molar-refractivity contribution in [2.24, 2.45) is 0 Å². The second-order valence-corrected chi connectivity index (χ2v) is 6.04. The summed E-state index contributed by atoms with van der Waals surface area (Å²) < 4.78 is 5.64. The first-order chi connectivity index (χ1) is 12.7. The van der Waals surface area contributed by atoms with Crippen LogP contribution in [-0.2, 0) is 13.2 Å². The van der Waals surface area contributed by atoms with E-state index in [1.807, 2.05) is 48.5 Å². The zero-order chi connectivity index (χ0) is 18.2. The summed E-state index contributed by atoms with van der Waals surface area (Å²) in [5.41, 5.74) is 2.69. The minimum absolute atomic E-state index is 0.265. The lowest BCUT2D eigenvalue weighted by Gasteiger charge is -2.09. The Morgan fingerprint density at radius 3 is 2.42 bits per heavy atom. The van der Waals surface area contributed by atoms with Crippen LogP contribution in [0.15, 0.2) is 73.1 Å². The Bertz CT molecular complexity index is 837. The lowest BCUT2D eigenvalue weighted by Crippen LogP contribution is -2.28. The fourth-order valence-corrected chi connectivity index (χ4v) is 2.37. The molecule has 0 bridgehead atoms. The smallest absolute Gasteiger partial charge is 0.319 e. The predicted octanol–water partition coefficient (Wildman–Crippen LogP) is 4.64. The molecule has 0 aliphatic heterocycles. The Kier molecular flexibility index (Phi) is 6.06. The van der Waals surface area contributed by atoms with Crippen LogP contribution in [0, 0.1) is 0 Å². The average molecular weight is 368 g/mol. The third-order valence-corrected chi connectivity index (χ3v) is 3.87. The number of nitrogens with zero attached hydrogens (tertiary/aromatic N) is 1. The SMILES string of the molecule is O=C(NCc1ccc(Cl)cc1)Nc1ccc(COc2cccnc2)cc1. The van der Waals surface area contributed by atoms with Crippen LogP contribution >= 0.6 is 11.6 Å². The molecule has 0 saturated carbocycles. The first kappa shape index (κ1) is 17.8. The van der Waals surface area contributed by atoms with Gasteiger partial charge in [0.2, 0.25) is 0 Å². The van der Waals surface area contributed by atoms with Gasteiger partial charge in [0.15, 0.2) is 0 Å². The zero-order valence-corrected chi connectivity index (χ0v) is 14.7. The van der Waals surface area contributed by atoms with Crippen molar-refractivity contribution in [1.82, 2.24) is 10.3 Å². The van der Waals surface area contributed by atoms with Gasteiger partial charge in [-0.05, 0) is 47.5 Å². The second-order valence-electron chi connectivity index (χ2n) is 5.61. The number of aromatic nitrogens is 1. The molecular weight excluding hydrogens is 350 g/mol. The normalized spacial score (nSPS) is 10.2. The molecule has 2 N–H and O–H groups in total. The molecule has 0 spiro atoms. The molecule has 0 atom stereocenters. The third-order valence-electron chi connectivity index (χ3n) is 3.62. The number of hydrogen-bond acceptors (Lipinski definition) is 3. The molecule has 132 valence electrons. The lowest BCUT2D eigenvalue weighted by molar-refractivity contribution is 0.251. The summed E-state index contributed by atoms with van der Waals surface area (Å²) in [5.74, 6) is 0.719. The third kappa shape index (κ3) is 5.50. The molecular formula is C20H18ClN3O2. The number of pyridine rings is 1. The molecule has 0 aliphatic rings. The minimum Gasteiger partial charge on any atom is -0.487 e. The number of ether oxygens (including phenoxy) is 1. The van der Waals surface area contributed by atoms with Gasteiger partial charge in [-0.1, -0.05) is 35.9 Å². The van der Waals surface area contributed by atoms with E-state index >= 15 is 0 Å². The Hall–Kier alpha value is -3.05. The van der Waals surface area contributed by atoms with E-state index in [0.717, 1.165) is 16.9 Å². The summed E-state index contributed by atoms with van der Waals surface area (Å²) in [4.78, 5) is 16.0. The van der Waals surface area contributed by atoms with E-state index in [9.17, 15) is 4.79 Å². The number of carbonyl (C=O) groups excluding carboxylic acids is 1. The van der Waals surface area contributed by atoms with E-state index in [-0.39, 0.29) is 6.03 Å². The first-order valence-electron chi connectivity index (χ1n) is 8.10. The van der Waals surface area contributed by atoms with Crippen LogP contribution in [0.3, 0.4) is 0 Å². The number of benzene rings is 2. The summed E-state index contributed by atoms with van der Waals surface area (Å²) >= 11 is 5.84. The molecule has 26 heavy (non-hydrogen) atoms. The Labute approximate surface area is 157 Å². The van der Waals surface area contributed by atoms with Crippen molar-refractivity contribution >= 4 is 23.3 Å². The molecule has 2 amide bonds. The molecule has 1 heterocycles. The van der Waals surface area contributed by atoms with Crippen LogP contribution in [0.25, 0.3) is 0 Å². The van der Waals surface area contributed by atoms with Gasteiger partial charge in [-0.3, -0.25) is 4.98 Å². The second kappa shape index (κ2) is 8.87. The standard InChI is InChI=1S/C20H18ClN3O2/c21-17-7-3-15(4-8-17)12-23-20(25)24-18-9-5-16(6-10-18)14-26-19-2-1-11-22-13-19/h1-11,13H,12,14H2,(H2,23,24,25). The summed E-state index contributed by atoms with van der Waals surface area (Å²) in [5, 5.41) is 6.27. The monoisotopic (exact) mass is 367 g/mol. The van der Waals surface area contributed by atoms with Crippen LogP contribution in [0.2, 0.25) is 5.02 Å². The van der Waals surface area contributed by atoms with Gasteiger partial charge in [0.1, 0.15) is 12.4 Å². The van der Waals surface area contributed by atoms with Gasteiger partial charge in [0.05, 0.1) is 6.20 Å². The summed E-state index contributed by atoms with van der Waals surface area (Å²) in [6, 6.07) is 18.2. The molecule has 0 saturated heterocycles. The van der Waals surface area contributed by atoms with Crippen molar-refractivity contribution in [1.29, 1.82) is 0 Å². The highest BCUT2D eigenvalue weighted by Crippen LogP contribution is 2.13. The highest BCUT2D eigenvalue weighted by Gasteiger charge is 2.03. The first-order valence-corrected chi connectivity index (χ1v) is 8.48. The van der Waals surface area contributed by atoms with Crippen molar-refractivity contribution in [2.75, 3.05) is 5.32 Å². The van der Waals surface area contributed by atoms with Crippen LogP contribution < -0.4 is 15.4 Å². The van der Waals surface area contributed by atoms with Gasteiger partial charge in [0.25, 0.3) is 0 Å². The number of nitrogens with one attached hydrogen (secondary N) is 2. The van der Waals surface area contributed by atoms with E-state index in [4.69, 9.17) is 16.3 Å². The zero-order valence-electron chi connectivity index (χ0n) is 14.0. The highest BCUT2D eigenvalue weighted by atomic mass is 35.5. The number of rotatable bonds is 6. The van der Waals surface area contributed by atoms with Crippen molar-refractivity contribution in [3.8, 4) is 5.75 Å². The fraction of sp³-hybridized carbons (Fsp3) is 0.100. The summed E-state index contributed by atoms with van der Waals surface area (Å²) in [6.07, 6.45) is 3.37. The maximum absolute atomic E-state index is 12.0. The molecule has 3 aromatic rings. The van der Waals surface area contributed by atoms with Gasteiger partial charge in [-0.2, -0.15) is 0 Å². The molecule has 5 nitrogen and oxygen atoms in total.